The average Bonchev–Trinajstić information content (AvgIpc) is 2.66. The quantitative estimate of drug-likeness (QED) is 0.341. The maximum Gasteiger partial charge on any atom is 0.313 e. The van der Waals surface area contributed by atoms with Crippen molar-refractivity contribution in [2.24, 2.45) is 0 Å². The first-order chi connectivity index (χ1) is 12.6. The summed E-state index contributed by atoms with van der Waals surface area (Å²) in [4.78, 5) is 22.8. The predicted molar refractivity (Wildman–Crippen MR) is 102 cm³/mol. The van der Waals surface area contributed by atoms with Crippen molar-refractivity contribution in [3.63, 3.8) is 0 Å². The summed E-state index contributed by atoms with van der Waals surface area (Å²) in [5, 5.41) is 10.1. The molecule has 0 aliphatic rings. The number of aliphatic hydroxyl groups is 1. The number of benzene rings is 2. The normalized spacial score (nSPS) is 12.8. The van der Waals surface area contributed by atoms with Crippen LogP contribution in [-0.4, -0.2) is 30.1 Å². The number of methoxy groups -OCH3 is 1. The molecule has 2 aromatic carbocycles. The van der Waals surface area contributed by atoms with Crippen molar-refractivity contribution in [1.82, 2.24) is 0 Å². The van der Waals surface area contributed by atoms with E-state index < -0.39 is 12.1 Å². The van der Waals surface area contributed by atoms with E-state index in [4.69, 9.17) is 0 Å². The van der Waals surface area contributed by atoms with Crippen LogP contribution in [-0.2, 0) is 14.3 Å². The molecule has 0 radical (unpaired) electrons. The van der Waals surface area contributed by atoms with Gasteiger partial charge in [0.25, 0.3) is 0 Å². The molecule has 0 spiro atoms. The molecular weight excluding hydrogens is 328 g/mol. The lowest BCUT2D eigenvalue weighted by Gasteiger charge is -2.07. The van der Waals surface area contributed by atoms with Crippen molar-refractivity contribution in [2.45, 2.75) is 18.9 Å². The second-order valence-corrected chi connectivity index (χ2v) is 5.80. The monoisotopic (exact) mass is 350 g/mol. The number of aliphatic hydroxyl groups excluding tert-OH is 1. The summed E-state index contributed by atoms with van der Waals surface area (Å²) in [5.41, 5.74) is 2.95. The molecule has 0 aromatic heterocycles. The highest BCUT2D eigenvalue weighted by Gasteiger charge is 2.13. The summed E-state index contributed by atoms with van der Waals surface area (Å²) in [7, 11) is 1.23. The van der Waals surface area contributed by atoms with E-state index >= 15 is 0 Å². The zero-order valence-electron chi connectivity index (χ0n) is 14.7. The Morgan fingerprint density at radius 1 is 1.04 bits per heavy atom. The smallest absolute Gasteiger partial charge is 0.313 e. The molecule has 1 atom stereocenters. The van der Waals surface area contributed by atoms with E-state index in [2.05, 4.69) is 4.74 Å². The minimum atomic E-state index is -0.963. The highest BCUT2D eigenvalue weighted by Crippen LogP contribution is 2.20. The predicted octanol–water partition coefficient (Wildman–Crippen LogP) is 3.67. The Kier molecular flexibility index (Phi) is 7.52. The van der Waals surface area contributed by atoms with E-state index in [0.717, 1.165) is 16.7 Å². The van der Waals surface area contributed by atoms with E-state index in [0.29, 0.717) is 0 Å². The molecule has 26 heavy (non-hydrogen) atoms. The minimum absolute atomic E-state index is 0.126. The number of hydrogen-bond acceptors (Lipinski definition) is 4. The Morgan fingerprint density at radius 3 is 2.27 bits per heavy atom. The zero-order chi connectivity index (χ0) is 18.8. The van der Waals surface area contributed by atoms with Crippen molar-refractivity contribution in [3.05, 3.63) is 83.9 Å². The molecule has 2 rings (SSSR count). The molecule has 4 nitrogen and oxygen atoms in total. The lowest BCUT2D eigenvalue weighted by atomic mass is 10.0. The molecule has 134 valence electrons. The lowest BCUT2D eigenvalue weighted by molar-refractivity contribution is -0.143. The van der Waals surface area contributed by atoms with Crippen molar-refractivity contribution < 1.29 is 19.4 Å². The molecule has 0 aliphatic carbocycles. The number of ketones is 1. The Labute approximate surface area is 153 Å². The molecule has 0 saturated carbocycles. The molecule has 1 N–H and O–H groups in total. The van der Waals surface area contributed by atoms with Crippen molar-refractivity contribution in [3.8, 4) is 0 Å². The average molecular weight is 350 g/mol. The van der Waals surface area contributed by atoms with Gasteiger partial charge >= 0.3 is 5.97 Å². The summed E-state index contributed by atoms with van der Waals surface area (Å²) >= 11 is 0. The van der Waals surface area contributed by atoms with Crippen LogP contribution in [0.4, 0.5) is 0 Å². The van der Waals surface area contributed by atoms with Gasteiger partial charge in [0.15, 0.2) is 0 Å². The number of carbonyl (C=O) groups is 2. The fraction of sp³-hybridized carbons (Fsp3) is 0.182. The SMILES string of the molecule is COC(=O)CC(=O)CC(O)/C=C/C(=C\c1ccccc1)c1ccccc1. The van der Waals surface area contributed by atoms with Gasteiger partial charge in [-0.15, -0.1) is 0 Å². The van der Waals surface area contributed by atoms with Crippen molar-refractivity contribution >= 4 is 23.4 Å². The van der Waals surface area contributed by atoms with Crippen LogP contribution in [0, 0.1) is 0 Å². The van der Waals surface area contributed by atoms with E-state index in [1.807, 2.05) is 66.7 Å². The third kappa shape index (κ3) is 6.49. The number of carbonyl (C=O) groups excluding carboxylic acids is 2. The van der Waals surface area contributed by atoms with Gasteiger partial charge in [-0.3, -0.25) is 9.59 Å². The van der Waals surface area contributed by atoms with Crippen LogP contribution in [0.5, 0.6) is 0 Å². The number of Topliss-reactive ketones (excluding diaryl/α,β-unsaturated/α-hetero) is 1. The van der Waals surface area contributed by atoms with Gasteiger partial charge in [0, 0.05) is 6.42 Å². The molecular formula is C22H22O4. The van der Waals surface area contributed by atoms with Crippen molar-refractivity contribution in [2.75, 3.05) is 7.11 Å². The Balaban J connectivity index is 2.14. The number of ether oxygens (including phenoxy) is 1. The van der Waals surface area contributed by atoms with Gasteiger partial charge in [0.2, 0.25) is 0 Å². The third-order valence-electron chi connectivity index (χ3n) is 3.73. The zero-order valence-corrected chi connectivity index (χ0v) is 14.7. The van der Waals surface area contributed by atoms with Gasteiger partial charge in [0.1, 0.15) is 12.2 Å². The van der Waals surface area contributed by atoms with E-state index in [-0.39, 0.29) is 18.6 Å². The molecule has 1 unspecified atom stereocenters. The molecule has 2 aromatic rings. The van der Waals surface area contributed by atoms with Gasteiger partial charge in [-0.25, -0.2) is 0 Å². The number of esters is 1. The second kappa shape index (κ2) is 10.1. The van der Waals surface area contributed by atoms with Crippen LogP contribution in [0.2, 0.25) is 0 Å². The summed E-state index contributed by atoms with van der Waals surface area (Å²) in [6.07, 6.45) is 3.95. The van der Waals surface area contributed by atoms with Crippen molar-refractivity contribution in [1.29, 1.82) is 0 Å². The summed E-state index contributed by atoms with van der Waals surface area (Å²) < 4.78 is 4.46. The molecule has 0 heterocycles. The van der Waals surface area contributed by atoms with E-state index in [1.165, 1.54) is 7.11 Å². The largest absolute Gasteiger partial charge is 0.469 e. The standard InChI is InChI=1S/C22H22O4/c1-26-22(25)16-21(24)15-20(23)13-12-19(18-10-6-3-7-11-18)14-17-8-4-2-5-9-17/h2-14,20,23H,15-16H2,1H3/b13-12+,19-14+. The van der Waals surface area contributed by atoms with Gasteiger partial charge in [-0.05, 0) is 22.8 Å². The minimum Gasteiger partial charge on any atom is -0.469 e. The first-order valence-corrected chi connectivity index (χ1v) is 8.35. The number of hydrogen-bond donors (Lipinski definition) is 1. The Morgan fingerprint density at radius 2 is 1.65 bits per heavy atom. The number of allylic oxidation sites excluding steroid dienone is 2. The van der Waals surface area contributed by atoms with Crippen LogP contribution in [0.15, 0.2) is 72.8 Å². The maximum absolute atomic E-state index is 11.7. The topological polar surface area (TPSA) is 63.6 Å². The molecule has 0 bridgehead atoms. The fourth-order valence-corrected chi connectivity index (χ4v) is 2.41. The molecule has 0 saturated heterocycles. The highest BCUT2D eigenvalue weighted by molar-refractivity contribution is 5.95. The van der Waals surface area contributed by atoms with Crippen LogP contribution < -0.4 is 0 Å². The number of rotatable bonds is 8. The van der Waals surface area contributed by atoms with Crippen LogP contribution >= 0.6 is 0 Å². The molecule has 0 fully saturated rings. The van der Waals surface area contributed by atoms with Gasteiger partial charge < -0.3 is 9.84 Å². The first-order valence-electron chi connectivity index (χ1n) is 8.35. The highest BCUT2D eigenvalue weighted by atomic mass is 16.5. The van der Waals surface area contributed by atoms with Gasteiger partial charge in [-0.1, -0.05) is 72.8 Å². The summed E-state index contributed by atoms with van der Waals surface area (Å²) in [5.74, 6) is -0.956. The summed E-state index contributed by atoms with van der Waals surface area (Å²) in [6, 6.07) is 19.6. The maximum atomic E-state index is 11.7. The lowest BCUT2D eigenvalue weighted by Crippen LogP contribution is -2.15. The Bertz CT molecular complexity index is 776. The third-order valence-corrected chi connectivity index (χ3v) is 3.73. The van der Waals surface area contributed by atoms with E-state index in [1.54, 1.807) is 12.2 Å². The van der Waals surface area contributed by atoms with Crippen LogP contribution in [0.3, 0.4) is 0 Å². The Hall–Kier alpha value is -2.98. The van der Waals surface area contributed by atoms with Crippen LogP contribution in [0.25, 0.3) is 11.6 Å². The van der Waals surface area contributed by atoms with E-state index in [9.17, 15) is 14.7 Å². The molecule has 0 aliphatic heterocycles. The molecule has 4 heteroatoms. The van der Waals surface area contributed by atoms with Gasteiger partial charge in [0.05, 0.1) is 13.2 Å². The van der Waals surface area contributed by atoms with Gasteiger partial charge in [-0.2, -0.15) is 0 Å². The fourth-order valence-electron chi connectivity index (χ4n) is 2.41. The van der Waals surface area contributed by atoms with Crippen LogP contribution in [0.1, 0.15) is 24.0 Å². The second-order valence-electron chi connectivity index (χ2n) is 5.80. The first kappa shape index (κ1) is 19.3. The summed E-state index contributed by atoms with van der Waals surface area (Å²) in [6.45, 7) is 0. The molecule has 0 amide bonds.